The summed E-state index contributed by atoms with van der Waals surface area (Å²) in [6.07, 6.45) is 7.13. The molecule has 1 aliphatic carbocycles. The summed E-state index contributed by atoms with van der Waals surface area (Å²) in [5.74, 6) is -0.963. The third-order valence-electron chi connectivity index (χ3n) is 3.06. The van der Waals surface area contributed by atoms with Crippen LogP contribution < -0.4 is 0 Å². The first kappa shape index (κ1) is 12.5. The molecule has 0 aromatic heterocycles. The van der Waals surface area contributed by atoms with Gasteiger partial charge in [0.1, 0.15) is 0 Å². The summed E-state index contributed by atoms with van der Waals surface area (Å²) in [6.45, 7) is 2.74. The van der Waals surface area contributed by atoms with E-state index in [2.05, 4.69) is 6.92 Å². The molecule has 1 rings (SSSR count). The van der Waals surface area contributed by atoms with Gasteiger partial charge in [0.15, 0.2) is 0 Å². The van der Waals surface area contributed by atoms with Gasteiger partial charge in [-0.05, 0) is 19.3 Å². The van der Waals surface area contributed by atoms with Crippen LogP contribution in [0.4, 0.5) is 0 Å². The van der Waals surface area contributed by atoms with Crippen molar-refractivity contribution >= 4 is 5.97 Å². The molecule has 3 heteroatoms. The summed E-state index contributed by atoms with van der Waals surface area (Å²) < 4.78 is 5.66. The van der Waals surface area contributed by atoms with E-state index in [4.69, 9.17) is 9.84 Å². The van der Waals surface area contributed by atoms with Gasteiger partial charge in [0.05, 0.1) is 12.0 Å². The number of carboxylic acids is 1. The number of ether oxygens (including phenoxy) is 1. The molecule has 0 aromatic rings. The summed E-state index contributed by atoms with van der Waals surface area (Å²) in [7, 11) is 0. The molecule has 0 bridgehead atoms. The highest BCUT2D eigenvalue weighted by molar-refractivity contribution is 5.70. The molecule has 0 spiro atoms. The van der Waals surface area contributed by atoms with Gasteiger partial charge in [-0.15, -0.1) is 0 Å². The van der Waals surface area contributed by atoms with Gasteiger partial charge in [0.25, 0.3) is 0 Å². The molecule has 2 atom stereocenters. The molecule has 0 aliphatic heterocycles. The van der Waals surface area contributed by atoms with Crippen LogP contribution in [0.2, 0.25) is 0 Å². The number of aliphatic carboxylic acids is 1. The van der Waals surface area contributed by atoms with E-state index in [1.807, 2.05) is 0 Å². The zero-order valence-corrected chi connectivity index (χ0v) is 9.58. The molecule has 1 fully saturated rings. The van der Waals surface area contributed by atoms with Crippen LogP contribution in [0, 0.1) is 5.92 Å². The van der Waals surface area contributed by atoms with E-state index in [1.165, 1.54) is 12.8 Å². The largest absolute Gasteiger partial charge is 0.481 e. The van der Waals surface area contributed by atoms with Crippen LogP contribution in [0.1, 0.15) is 51.9 Å². The summed E-state index contributed by atoms with van der Waals surface area (Å²) in [5.41, 5.74) is 0. The van der Waals surface area contributed by atoms with Crippen molar-refractivity contribution in [2.24, 2.45) is 5.92 Å². The number of carbonyl (C=O) groups is 1. The molecule has 3 nitrogen and oxygen atoms in total. The van der Waals surface area contributed by atoms with E-state index >= 15 is 0 Å². The Morgan fingerprint density at radius 3 is 2.53 bits per heavy atom. The van der Waals surface area contributed by atoms with Crippen LogP contribution in [0.3, 0.4) is 0 Å². The predicted octanol–water partition coefficient (Wildman–Crippen LogP) is 2.84. The van der Waals surface area contributed by atoms with Gasteiger partial charge in [-0.1, -0.05) is 32.6 Å². The normalized spacial score (nSPS) is 28.1. The van der Waals surface area contributed by atoms with Crippen molar-refractivity contribution < 1.29 is 14.6 Å². The maximum Gasteiger partial charge on any atom is 0.309 e. The van der Waals surface area contributed by atoms with Gasteiger partial charge < -0.3 is 9.84 Å². The second-order valence-electron chi connectivity index (χ2n) is 4.35. The average Bonchev–Trinajstić information content (AvgIpc) is 2.15. The highest BCUT2D eigenvalue weighted by atomic mass is 16.5. The minimum atomic E-state index is -0.682. The first-order valence-electron chi connectivity index (χ1n) is 6.10. The van der Waals surface area contributed by atoms with Crippen LogP contribution in [-0.2, 0) is 9.53 Å². The van der Waals surface area contributed by atoms with Gasteiger partial charge in [0, 0.05) is 6.61 Å². The Hall–Kier alpha value is -0.570. The second kappa shape index (κ2) is 6.83. The summed E-state index contributed by atoms with van der Waals surface area (Å²) >= 11 is 0. The summed E-state index contributed by atoms with van der Waals surface area (Å²) in [5, 5.41) is 9.14. The van der Waals surface area contributed by atoms with Crippen molar-refractivity contribution in [1.82, 2.24) is 0 Å². The number of hydrogen-bond acceptors (Lipinski definition) is 2. The fourth-order valence-electron chi connectivity index (χ4n) is 2.20. The van der Waals surface area contributed by atoms with Crippen molar-refractivity contribution in [1.29, 1.82) is 0 Å². The second-order valence-corrected chi connectivity index (χ2v) is 4.35. The van der Waals surface area contributed by atoms with E-state index < -0.39 is 5.97 Å². The molecule has 1 aliphatic rings. The fourth-order valence-corrected chi connectivity index (χ4v) is 2.20. The Morgan fingerprint density at radius 1 is 1.27 bits per heavy atom. The first-order chi connectivity index (χ1) is 7.25. The Kier molecular flexibility index (Phi) is 5.69. The van der Waals surface area contributed by atoms with Crippen molar-refractivity contribution in [3.63, 3.8) is 0 Å². The zero-order chi connectivity index (χ0) is 11.1. The van der Waals surface area contributed by atoms with Gasteiger partial charge in [0.2, 0.25) is 0 Å². The summed E-state index contributed by atoms with van der Waals surface area (Å²) in [4.78, 5) is 11.1. The molecule has 0 amide bonds. The van der Waals surface area contributed by atoms with E-state index in [-0.39, 0.29) is 12.0 Å². The van der Waals surface area contributed by atoms with Gasteiger partial charge in [-0.2, -0.15) is 0 Å². The molecular weight excluding hydrogens is 192 g/mol. The van der Waals surface area contributed by atoms with Gasteiger partial charge in [-0.25, -0.2) is 0 Å². The lowest BCUT2D eigenvalue weighted by Gasteiger charge is -2.26. The third-order valence-corrected chi connectivity index (χ3v) is 3.06. The van der Waals surface area contributed by atoms with E-state index in [0.717, 1.165) is 32.1 Å². The standard InChI is InChI=1S/C12H22O3/c1-2-9-15-11-8-6-4-3-5-7-10(11)12(13)14/h10-11H,2-9H2,1H3,(H,13,14). The predicted molar refractivity (Wildman–Crippen MR) is 58.9 cm³/mol. The first-order valence-corrected chi connectivity index (χ1v) is 6.10. The third kappa shape index (κ3) is 4.20. The minimum Gasteiger partial charge on any atom is -0.481 e. The molecule has 2 unspecified atom stereocenters. The van der Waals surface area contributed by atoms with Gasteiger partial charge >= 0.3 is 5.97 Å². The quantitative estimate of drug-likeness (QED) is 0.782. The molecule has 0 saturated heterocycles. The molecule has 88 valence electrons. The van der Waals surface area contributed by atoms with Crippen LogP contribution in [-0.4, -0.2) is 23.8 Å². The van der Waals surface area contributed by atoms with Crippen LogP contribution in [0.15, 0.2) is 0 Å². The zero-order valence-electron chi connectivity index (χ0n) is 9.58. The molecule has 0 radical (unpaired) electrons. The molecule has 15 heavy (non-hydrogen) atoms. The molecule has 0 heterocycles. The lowest BCUT2D eigenvalue weighted by molar-refractivity contribution is -0.148. The lowest BCUT2D eigenvalue weighted by Crippen LogP contribution is -2.32. The topological polar surface area (TPSA) is 46.5 Å². The van der Waals surface area contributed by atoms with E-state index in [9.17, 15) is 4.79 Å². The van der Waals surface area contributed by atoms with E-state index in [0.29, 0.717) is 6.61 Å². The number of hydrogen-bond donors (Lipinski definition) is 1. The maximum absolute atomic E-state index is 11.1. The minimum absolute atomic E-state index is 0.0530. The SMILES string of the molecule is CCCOC1CCCCCCC1C(=O)O. The Morgan fingerprint density at radius 2 is 1.93 bits per heavy atom. The highest BCUT2D eigenvalue weighted by Crippen LogP contribution is 2.25. The molecule has 1 N–H and O–H groups in total. The average molecular weight is 214 g/mol. The van der Waals surface area contributed by atoms with Crippen molar-refractivity contribution in [3.05, 3.63) is 0 Å². The van der Waals surface area contributed by atoms with Gasteiger partial charge in [-0.3, -0.25) is 4.79 Å². The van der Waals surface area contributed by atoms with E-state index in [1.54, 1.807) is 0 Å². The Labute approximate surface area is 91.8 Å². The number of rotatable bonds is 4. The van der Waals surface area contributed by atoms with Crippen molar-refractivity contribution in [2.75, 3.05) is 6.61 Å². The fraction of sp³-hybridized carbons (Fsp3) is 0.917. The van der Waals surface area contributed by atoms with Crippen molar-refractivity contribution in [3.8, 4) is 0 Å². The molecule has 0 aromatic carbocycles. The smallest absolute Gasteiger partial charge is 0.309 e. The lowest BCUT2D eigenvalue weighted by atomic mass is 9.88. The summed E-state index contributed by atoms with van der Waals surface area (Å²) in [6, 6.07) is 0. The Balaban J connectivity index is 2.52. The van der Waals surface area contributed by atoms with Crippen LogP contribution >= 0.6 is 0 Å². The maximum atomic E-state index is 11.1. The van der Waals surface area contributed by atoms with Crippen LogP contribution in [0.5, 0.6) is 0 Å². The molecular formula is C12H22O3. The monoisotopic (exact) mass is 214 g/mol. The molecule has 1 saturated carbocycles. The Bertz CT molecular complexity index is 189. The number of carboxylic acid groups (broad SMARTS) is 1. The van der Waals surface area contributed by atoms with Crippen molar-refractivity contribution in [2.45, 2.75) is 58.0 Å². The highest BCUT2D eigenvalue weighted by Gasteiger charge is 2.28. The van der Waals surface area contributed by atoms with Crippen LogP contribution in [0.25, 0.3) is 0 Å².